The molecule has 1 aliphatic heterocycles. The fourth-order valence-electron chi connectivity index (χ4n) is 3.27. The van der Waals surface area contributed by atoms with E-state index in [2.05, 4.69) is 4.90 Å². The Labute approximate surface area is 170 Å². The van der Waals surface area contributed by atoms with E-state index in [9.17, 15) is 4.79 Å². The van der Waals surface area contributed by atoms with Crippen LogP contribution in [0.2, 0.25) is 10.0 Å². The molecule has 1 atom stereocenters. The molecule has 0 unspecified atom stereocenters. The van der Waals surface area contributed by atoms with Crippen molar-refractivity contribution in [3.8, 4) is 0 Å². The first-order chi connectivity index (χ1) is 12.8. The van der Waals surface area contributed by atoms with Gasteiger partial charge >= 0.3 is 6.09 Å². The standard InChI is InChI=1S/C21H24Cl2N2O2/c1-21(2,3)27-20(26)24-13-7-10-19(24)25(15-8-5-4-6-9-15)16-11-12-17(22)18(23)14-16/h4-6,8-9,11-12,14,19H,7,10,13H2,1-3H3/t19-/m1/s1. The third kappa shape index (κ3) is 4.69. The second-order valence-corrected chi connectivity index (χ2v) is 8.41. The van der Waals surface area contributed by atoms with Gasteiger partial charge in [0.05, 0.1) is 10.0 Å². The zero-order valence-electron chi connectivity index (χ0n) is 15.8. The molecule has 27 heavy (non-hydrogen) atoms. The van der Waals surface area contributed by atoms with Crippen molar-refractivity contribution in [1.82, 2.24) is 4.90 Å². The van der Waals surface area contributed by atoms with Gasteiger partial charge in [0.2, 0.25) is 0 Å². The molecule has 0 N–H and O–H groups in total. The Kier molecular flexibility index (Phi) is 5.87. The Morgan fingerprint density at radius 2 is 1.78 bits per heavy atom. The van der Waals surface area contributed by atoms with Crippen molar-refractivity contribution in [2.45, 2.75) is 45.4 Å². The molecule has 1 aliphatic rings. The summed E-state index contributed by atoms with van der Waals surface area (Å²) in [6.45, 7) is 6.29. The topological polar surface area (TPSA) is 32.8 Å². The van der Waals surface area contributed by atoms with Gasteiger partial charge in [0.25, 0.3) is 0 Å². The molecule has 1 heterocycles. The maximum atomic E-state index is 12.8. The van der Waals surface area contributed by atoms with Crippen LogP contribution in [0, 0.1) is 0 Å². The van der Waals surface area contributed by atoms with Crippen molar-refractivity contribution in [1.29, 1.82) is 0 Å². The lowest BCUT2D eigenvalue weighted by molar-refractivity contribution is 0.0231. The Bertz CT molecular complexity index is 806. The van der Waals surface area contributed by atoms with Gasteiger partial charge in [0.15, 0.2) is 0 Å². The van der Waals surface area contributed by atoms with E-state index in [0.29, 0.717) is 16.6 Å². The van der Waals surface area contributed by atoms with Gasteiger partial charge in [-0.05, 0) is 63.9 Å². The molecule has 0 radical (unpaired) electrons. The number of anilines is 2. The van der Waals surface area contributed by atoms with E-state index in [0.717, 1.165) is 24.2 Å². The number of ether oxygens (including phenoxy) is 1. The lowest BCUT2D eigenvalue weighted by Crippen LogP contribution is -2.47. The van der Waals surface area contributed by atoms with Crippen LogP contribution in [0.15, 0.2) is 48.5 Å². The van der Waals surface area contributed by atoms with Crippen molar-refractivity contribution < 1.29 is 9.53 Å². The van der Waals surface area contributed by atoms with E-state index in [1.54, 1.807) is 11.0 Å². The second-order valence-electron chi connectivity index (χ2n) is 7.60. The van der Waals surface area contributed by atoms with Gasteiger partial charge in [-0.25, -0.2) is 4.79 Å². The van der Waals surface area contributed by atoms with Crippen LogP contribution in [0.1, 0.15) is 33.6 Å². The summed E-state index contributed by atoms with van der Waals surface area (Å²) in [6, 6.07) is 15.5. The zero-order chi connectivity index (χ0) is 19.6. The third-order valence-corrected chi connectivity index (χ3v) is 5.10. The van der Waals surface area contributed by atoms with Crippen molar-refractivity contribution >= 4 is 40.7 Å². The predicted octanol–water partition coefficient (Wildman–Crippen LogP) is 6.49. The van der Waals surface area contributed by atoms with Gasteiger partial charge in [0, 0.05) is 17.9 Å². The number of halogens is 2. The summed E-state index contributed by atoms with van der Waals surface area (Å²) in [7, 11) is 0. The summed E-state index contributed by atoms with van der Waals surface area (Å²) in [5.41, 5.74) is 1.33. The second kappa shape index (κ2) is 7.99. The van der Waals surface area contributed by atoms with E-state index in [1.807, 2.05) is 63.2 Å². The normalized spacial score (nSPS) is 17.1. The van der Waals surface area contributed by atoms with Gasteiger partial charge in [0.1, 0.15) is 11.8 Å². The molecule has 4 nitrogen and oxygen atoms in total. The fraction of sp³-hybridized carbons (Fsp3) is 0.381. The largest absolute Gasteiger partial charge is 0.444 e. The number of amides is 1. The summed E-state index contributed by atoms with van der Waals surface area (Å²) < 4.78 is 5.63. The first kappa shape index (κ1) is 19.8. The highest BCUT2D eigenvalue weighted by atomic mass is 35.5. The van der Waals surface area contributed by atoms with Crippen LogP contribution in [0.25, 0.3) is 0 Å². The Balaban J connectivity index is 1.99. The molecular formula is C21H24Cl2N2O2. The van der Waals surface area contributed by atoms with E-state index >= 15 is 0 Å². The zero-order valence-corrected chi connectivity index (χ0v) is 17.3. The highest BCUT2D eigenvalue weighted by Gasteiger charge is 2.36. The molecule has 2 aromatic carbocycles. The first-order valence-electron chi connectivity index (χ1n) is 9.05. The van der Waals surface area contributed by atoms with E-state index in [-0.39, 0.29) is 12.3 Å². The number of hydrogen-bond donors (Lipinski definition) is 0. The maximum Gasteiger partial charge on any atom is 0.411 e. The lowest BCUT2D eigenvalue weighted by Gasteiger charge is -2.37. The Morgan fingerprint density at radius 3 is 2.41 bits per heavy atom. The van der Waals surface area contributed by atoms with Gasteiger partial charge in [-0.3, -0.25) is 4.90 Å². The SMILES string of the molecule is CC(C)(C)OC(=O)N1CCC[C@H]1N(c1ccccc1)c1ccc(Cl)c(Cl)c1. The van der Waals surface area contributed by atoms with Crippen molar-refractivity contribution in [3.63, 3.8) is 0 Å². The van der Waals surface area contributed by atoms with Gasteiger partial charge in [-0.1, -0.05) is 41.4 Å². The molecule has 3 rings (SSSR count). The molecule has 6 heteroatoms. The molecule has 1 amide bonds. The first-order valence-corrected chi connectivity index (χ1v) is 9.81. The summed E-state index contributed by atoms with van der Waals surface area (Å²) in [5.74, 6) is 0. The van der Waals surface area contributed by atoms with Gasteiger partial charge < -0.3 is 9.64 Å². The number of carbonyl (C=O) groups excluding carboxylic acids is 1. The fourth-order valence-corrected chi connectivity index (χ4v) is 3.56. The monoisotopic (exact) mass is 406 g/mol. The van der Waals surface area contributed by atoms with Crippen LogP contribution in [-0.2, 0) is 4.74 Å². The molecule has 2 aromatic rings. The van der Waals surface area contributed by atoms with Crippen LogP contribution in [0.3, 0.4) is 0 Å². The molecule has 1 fully saturated rings. The van der Waals surface area contributed by atoms with Crippen LogP contribution in [-0.4, -0.2) is 29.3 Å². The molecule has 144 valence electrons. The Morgan fingerprint density at radius 1 is 1.07 bits per heavy atom. The average molecular weight is 407 g/mol. The van der Waals surface area contributed by atoms with E-state index in [4.69, 9.17) is 27.9 Å². The maximum absolute atomic E-state index is 12.8. The number of rotatable bonds is 3. The number of hydrogen-bond acceptors (Lipinski definition) is 3. The van der Waals surface area contributed by atoms with Crippen molar-refractivity contribution in [2.24, 2.45) is 0 Å². The number of benzene rings is 2. The van der Waals surface area contributed by atoms with Gasteiger partial charge in [-0.15, -0.1) is 0 Å². The lowest BCUT2D eigenvalue weighted by atomic mass is 10.2. The molecule has 0 saturated carbocycles. The molecule has 0 spiro atoms. The van der Waals surface area contributed by atoms with Crippen LogP contribution < -0.4 is 4.90 Å². The van der Waals surface area contributed by atoms with E-state index in [1.165, 1.54) is 0 Å². The minimum absolute atomic E-state index is 0.153. The van der Waals surface area contributed by atoms with Crippen LogP contribution in [0.5, 0.6) is 0 Å². The Hall–Kier alpha value is -1.91. The highest BCUT2D eigenvalue weighted by Crippen LogP contribution is 2.37. The minimum atomic E-state index is -0.536. The quantitative estimate of drug-likeness (QED) is 0.583. The van der Waals surface area contributed by atoms with Crippen LogP contribution >= 0.6 is 23.2 Å². The number of nitrogens with zero attached hydrogens (tertiary/aromatic N) is 2. The van der Waals surface area contributed by atoms with Crippen LogP contribution in [0.4, 0.5) is 16.2 Å². The highest BCUT2D eigenvalue weighted by molar-refractivity contribution is 6.42. The molecule has 0 aromatic heterocycles. The molecular weight excluding hydrogens is 383 g/mol. The third-order valence-electron chi connectivity index (χ3n) is 4.36. The minimum Gasteiger partial charge on any atom is -0.444 e. The number of para-hydroxylation sites is 1. The predicted molar refractivity (Wildman–Crippen MR) is 111 cm³/mol. The van der Waals surface area contributed by atoms with Crippen molar-refractivity contribution in [2.75, 3.05) is 11.4 Å². The van der Waals surface area contributed by atoms with Crippen molar-refractivity contribution in [3.05, 3.63) is 58.6 Å². The molecule has 0 bridgehead atoms. The summed E-state index contributed by atoms with van der Waals surface area (Å²) in [5, 5.41) is 0.987. The van der Waals surface area contributed by atoms with Gasteiger partial charge in [-0.2, -0.15) is 0 Å². The number of carbonyl (C=O) groups is 1. The summed E-state index contributed by atoms with van der Waals surface area (Å²) in [6.07, 6.45) is 1.30. The molecule has 1 saturated heterocycles. The molecule has 0 aliphatic carbocycles. The summed E-state index contributed by atoms with van der Waals surface area (Å²) in [4.78, 5) is 16.7. The average Bonchev–Trinajstić information content (AvgIpc) is 3.07. The summed E-state index contributed by atoms with van der Waals surface area (Å²) >= 11 is 12.4. The van der Waals surface area contributed by atoms with E-state index < -0.39 is 5.60 Å². The smallest absolute Gasteiger partial charge is 0.411 e. The number of likely N-dealkylation sites (tertiary alicyclic amines) is 1.